The van der Waals surface area contributed by atoms with E-state index in [0.29, 0.717) is 5.82 Å². The summed E-state index contributed by atoms with van der Waals surface area (Å²) in [5.74, 6) is -0.835. The lowest BCUT2D eigenvalue weighted by atomic mass is 10.4. The SMILES string of the molecule is NC(=O)CN(CC(N)=O)c1ccnc(N)n1. The van der Waals surface area contributed by atoms with E-state index in [4.69, 9.17) is 17.2 Å². The molecule has 8 heteroatoms. The minimum absolute atomic E-state index is 0.0384. The Labute approximate surface area is 91.4 Å². The molecule has 0 radical (unpaired) electrons. The summed E-state index contributed by atoms with van der Waals surface area (Å²) in [4.78, 5) is 30.5. The minimum Gasteiger partial charge on any atom is -0.368 e. The lowest BCUT2D eigenvalue weighted by molar-refractivity contribution is -0.117. The first-order valence-corrected chi connectivity index (χ1v) is 4.39. The highest BCUT2D eigenvalue weighted by Gasteiger charge is 2.13. The molecular weight excluding hydrogens is 212 g/mol. The van der Waals surface area contributed by atoms with E-state index in [1.807, 2.05) is 0 Å². The summed E-state index contributed by atoms with van der Waals surface area (Å²) < 4.78 is 0. The van der Waals surface area contributed by atoms with Gasteiger partial charge in [-0.1, -0.05) is 0 Å². The number of aromatic nitrogens is 2. The molecule has 0 saturated carbocycles. The smallest absolute Gasteiger partial charge is 0.237 e. The van der Waals surface area contributed by atoms with Crippen molar-refractivity contribution >= 4 is 23.6 Å². The van der Waals surface area contributed by atoms with Gasteiger partial charge in [-0.05, 0) is 6.07 Å². The van der Waals surface area contributed by atoms with Crippen LogP contribution in [0.3, 0.4) is 0 Å². The first-order valence-electron chi connectivity index (χ1n) is 4.39. The minimum atomic E-state index is -0.599. The van der Waals surface area contributed by atoms with Gasteiger partial charge in [0.1, 0.15) is 5.82 Å². The zero-order valence-electron chi connectivity index (χ0n) is 8.46. The van der Waals surface area contributed by atoms with Gasteiger partial charge in [0.25, 0.3) is 0 Å². The Hall–Kier alpha value is -2.38. The molecule has 6 N–H and O–H groups in total. The van der Waals surface area contributed by atoms with Crippen molar-refractivity contribution in [3.63, 3.8) is 0 Å². The van der Waals surface area contributed by atoms with Crippen molar-refractivity contribution in [3.05, 3.63) is 12.3 Å². The topological polar surface area (TPSA) is 141 Å². The van der Waals surface area contributed by atoms with E-state index in [-0.39, 0.29) is 19.0 Å². The molecule has 0 unspecified atom stereocenters. The summed E-state index contributed by atoms with van der Waals surface area (Å²) in [7, 11) is 0. The third-order valence-electron chi connectivity index (χ3n) is 1.68. The van der Waals surface area contributed by atoms with Gasteiger partial charge in [0.2, 0.25) is 17.8 Å². The molecule has 8 nitrogen and oxygen atoms in total. The number of carbonyl (C=O) groups excluding carboxylic acids is 2. The first kappa shape index (κ1) is 11.7. The molecule has 0 spiro atoms. The predicted octanol–water partition coefficient (Wildman–Crippen LogP) is -2.16. The van der Waals surface area contributed by atoms with Crippen LogP contribution in [0.2, 0.25) is 0 Å². The fourth-order valence-electron chi connectivity index (χ4n) is 1.13. The number of rotatable bonds is 5. The zero-order valence-corrected chi connectivity index (χ0v) is 8.46. The van der Waals surface area contributed by atoms with E-state index in [2.05, 4.69) is 9.97 Å². The number of carbonyl (C=O) groups is 2. The van der Waals surface area contributed by atoms with Crippen LogP contribution in [-0.2, 0) is 9.59 Å². The summed E-state index contributed by atoms with van der Waals surface area (Å²) in [5, 5.41) is 0. The molecule has 0 aliphatic heterocycles. The van der Waals surface area contributed by atoms with E-state index >= 15 is 0 Å². The Morgan fingerprint density at radius 3 is 2.25 bits per heavy atom. The van der Waals surface area contributed by atoms with Gasteiger partial charge < -0.3 is 22.1 Å². The second-order valence-electron chi connectivity index (χ2n) is 3.06. The van der Waals surface area contributed by atoms with E-state index in [0.717, 1.165) is 0 Å². The second kappa shape index (κ2) is 4.91. The largest absolute Gasteiger partial charge is 0.368 e. The zero-order chi connectivity index (χ0) is 12.1. The molecule has 1 aromatic heterocycles. The van der Waals surface area contributed by atoms with Crippen LogP contribution in [0.5, 0.6) is 0 Å². The summed E-state index contributed by atoms with van der Waals surface area (Å²) in [5.41, 5.74) is 15.5. The normalized spacial score (nSPS) is 9.75. The van der Waals surface area contributed by atoms with Crippen LogP contribution in [0.4, 0.5) is 11.8 Å². The Kier molecular flexibility index (Phi) is 3.59. The van der Waals surface area contributed by atoms with E-state index < -0.39 is 11.8 Å². The number of hydrogen-bond acceptors (Lipinski definition) is 6. The van der Waals surface area contributed by atoms with Crippen LogP contribution in [-0.4, -0.2) is 34.9 Å². The maximum absolute atomic E-state index is 10.8. The van der Waals surface area contributed by atoms with Crippen LogP contribution in [0.1, 0.15) is 0 Å². The summed E-state index contributed by atoms with van der Waals surface area (Å²) >= 11 is 0. The molecule has 1 heterocycles. The lowest BCUT2D eigenvalue weighted by Gasteiger charge is -2.20. The van der Waals surface area contributed by atoms with Crippen molar-refractivity contribution < 1.29 is 9.59 Å². The number of hydrogen-bond donors (Lipinski definition) is 3. The number of nitrogens with zero attached hydrogens (tertiary/aromatic N) is 3. The number of anilines is 2. The van der Waals surface area contributed by atoms with Crippen LogP contribution < -0.4 is 22.1 Å². The summed E-state index contributed by atoms with van der Waals surface area (Å²) in [6, 6.07) is 1.50. The molecule has 0 saturated heterocycles. The summed E-state index contributed by atoms with van der Waals surface area (Å²) in [6.45, 7) is -0.335. The van der Waals surface area contributed by atoms with Gasteiger partial charge in [-0.3, -0.25) is 9.59 Å². The number of amides is 2. The Morgan fingerprint density at radius 1 is 1.25 bits per heavy atom. The highest BCUT2D eigenvalue weighted by atomic mass is 16.2. The fraction of sp³-hybridized carbons (Fsp3) is 0.250. The highest BCUT2D eigenvalue weighted by Crippen LogP contribution is 2.09. The number of nitrogens with two attached hydrogens (primary N) is 3. The van der Waals surface area contributed by atoms with E-state index in [9.17, 15) is 9.59 Å². The third kappa shape index (κ3) is 3.40. The highest BCUT2D eigenvalue weighted by molar-refractivity contribution is 5.84. The molecule has 0 aromatic carbocycles. The van der Waals surface area contributed by atoms with Crippen molar-refractivity contribution in [2.45, 2.75) is 0 Å². The number of nitrogen functional groups attached to an aromatic ring is 1. The Bertz CT molecular complexity index is 391. The molecule has 0 fully saturated rings. The van der Waals surface area contributed by atoms with Gasteiger partial charge in [0.05, 0.1) is 13.1 Å². The fourth-order valence-corrected chi connectivity index (χ4v) is 1.13. The van der Waals surface area contributed by atoms with Crippen LogP contribution >= 0.6 is 0 Å². The Balaban J connectivity index is 2.90. The van der Waals surface area contributed by atoms with Crippen molar-refractivity contribution in [1.82, 2.24) is 9.97 Å². The van der Waals surface area contributed by atoms with Crippen molar-refractivity contribution in [1.29, 1.82) is 0 Å². The molecule has 0 aliphatic rings. The first-order chi connectivity index (χ1) is 7.49. The van der Waals surface area contributed by atoms with Crippen LogP contribution in [0, 0.1) is 0 Å². The molecule has 0 bridgehead atoms. The van der Waals surface area contributed by atoms with E-state index in [1.54, 1.807) is 0 Å². The van der Waals surface area contributed by atoms with Crippen molar-refractivity contribution in [2.75, 3.05) is 23.7 Å². The molecule has 2 amide bonds. The quantitative estimate of drug-likeness (QED) is 0.520. The van der Waals surface area contributed by atoms with Gasteiger partial charge in [0.15, 0.2) is 0 Å². The van der Waals surface area contributed by atoms with Gasteiger partial charge in [-0.25, -0.2) is 4.98 Å². The van der Waals surface area contributed by atoms with Crippen molar-refractivity contribution in [2.24, 2.45) is 11.5 Å². The second-order valence-corrected chi connectivity index (χ2v) is 3.06. The van der Waals surface area contributed by atoms with Crippen molar-refractivity contribution in [3.8, 4) is 0 Å². The van der Waals surface area contributed by atoms with Crippen LogP contribution in [0.25, 0.3) is 0 Å². The maximum atomic E-state index is 10.8. The average molecular weight is 224 g/mol. The molecule has 16 heavy (non-hydrogen) atoms. The Morgan fingerprint density at radius 2 is 1.81 bits per heavy atom. The molecule has 0 aliphatic carbocycles. The van der Waals surface area contributed by atoms with Crippen LogP contribution in [0.15, 0.2) is 12.3 Å². The average Bonchev–Trinajstić information content (AvgIpc) is 2.15. The van der Waals surface area contributed by atoms with Gasteiger partial charge in [-0.2, -0.15) is 4.98 Å². The van der Waals surface area contributed by atoms with Gasteiger partial charge >= 0.3 is 0 Å². The predicted molar refractivity (Wildman–Crippen MR) is 57.0 cm³/mol. The van der Waals surface area contributed by atoms with E-state index in [1.165, 1.54) is 17.2 Å². The molecule has 1 rings (SSSR count). The molecule has 1 aromatic rings. The monoisotopic (exact) mass is 224 g/mol. The summed E-state index contributed by atoms with van der Waals surface area (Å²) in [6.07, 6.45) is 1.41. The maximum Gasteiger partial charge on any atom is 0.237 e. The lowest BCUT2D eigenvalue weighted by Crippen LogP contribution is -2.40. The van der Waals surface area contributed by atoms with Gasteiger partial charge in [0, 0.05) is 6.20 Å². The molecular formula is C8H12N6O2. The number of primary amides is 2. The molecule has 0 atom stereocenters. The molecule has 86 valence electrons. The third-order valence-corrected chi connectivity index (χ3v) is 1.68. The van der Waals surface area contributed by atoms with Gasteiger partial charge in [-0.15, -0.1) is 0 Å². The standard InChI is InChI=1S/C8H12N6O2/c9-5(15)3-14(4-6(10)16)7-1-2-12-8(11)13-7/h1-2H,3-4H2,(H2,9,15)(H2,10,16)(H2,11,12,13).